The van der Waals surface area contributed by atoms with Crippen molar-refractivity contribution in [2.45, 2.75) is 126 Å². The number of nitro benzene ring substituents is 1. The zero-order valence-electron chi connectivity index (χ0n) is 47.3. The molecule has 1 spiro atoms. The maximum absolute atomic E-state index is 14.8. The topological polar surface area (TPSA) is 230 Å². The van der Waals surface area contributed by atoms with Crippen LogP contribution in [0.4, 0.5) is 28.4 Å². The van der Waals surface area contributed by atoms with E-state index in [1.165, 1.54) is 22.6 Å². The summed E-state index contributed by atoms with van der Waals surface area (Å²) in [6.45, 7) is 12.8. The Kier molecular flexibility index (Phi) is 15.4. The van der Waals surface area contributed by atoms with Crippen LogP contribution >= 0.6 is 11.3 Å². The van der Waals surface area contributed by atoms with Gasteiger partial charge in [0.2, 0.25) is 5.88 Å². The Labute approximate surface area is 482 Å². The lowest BCUT2D eigenvalue weighted by Crippen LogP contribution is -2.59. The molecule has 0 unspecified atom stereocenters. The average molecular weight is 1160 g/mol. The van der Waals surface area contributed by atoms with Gasteiger partial charge in [0, 0.05) is 98.9 Å². The van der Waals surface area contributed by atoms with Gasteiger partial charge >= 0.3 is 0 Å². The summed E-state index contributed by atoms with van der Waals surface area (Å²) < 4.78 is 54.4. The van der Waals surface area contributed by atoms with Gasteiger partial charge in [-0.2, -0.15) is 4.98 Å². The van der Waals surface area contributed by atoms with Crippen molar-refractivity contribution in [2.24, 2.45) is 11.3 Å². The minimum atomic E-state index is -4.64. The molecule has 6 aliphatic rings. The lowest BCUT2D eigenvalue weighted by atomic mass is 9.59. The Hall–Kier alpha value is -6.56. The second-order valence-corrected chi connectivity index (χ2v) is 26.7. The molecule has 6 aromatic rings. The van der Waals surface area contributed by atoms with Gasteiger partial charge in [-0.05, 0) is 153 Å². The fourth-order valence-electron chi connectivity index (χ4n) is 13.8. The number of carbonyl (C=O) groups excluding carboxylic acids is 1. The summed E-state index contributed by atoms with van der Waals surface area (Å²) in [6.07, 6.45) is 10.9. The first-order valence-electron chi connectivity index (χ1n) is 28.8. The second-order valence-electron chi connectivity index (χ2n) is 24.1. The molecule has 2 aromatic carbocycles. The quantitative estimate of drug-likeness (QED) is 0.0522. The number of piperidine rings is 1. The number of amides is 1. The Balaban J connectivity index is 0.792. The fraction of sp³-hybridized carbons (Fsp3) is 0.517. The van der Waals surface area contributed by atoms with Crippen molar-refractivity contribution < 1.29 is 42.2 Å². The largest absolute Gasteiger partial charge is 0.491 e. The highest BCUT2D eigenvalue weighted by Crippen LogP contribution is 2.54. The number of nitrogens with zero attached hydrogens (tertiary/aromatic N) is 7. The number of H-pyrrole nitrogens is 1. The molecule has 2 aliphatic carbocycles. The number of methoxy groups -OCH3 is 2. The lowest BCUT2D eigenvalue weighted by Gasteiger charge is -2.58. The average Bonchev–Trinajstić information content (AvgIpc) is 2.91. The predicted molar refractivity (Wildman–Crippen MR) is 315 cm³/mol. The van der Waals surface area contributed by atoms with E-state index in [1.54, 1.807) is 20.3 Å². The van der Waals surface area contributed by atoms with Crippen LogP contribution in [-0.4, -0.2) is 140 Å². The number of benzene rings is 2. The molecule has 22 heteroatoms. The number of hydrogen-bond donors (Lipinski definition) is 4. The summed E-state index contributed by atoms with van der Waals surface area (Å²) in [5.41, 5.74) is 4.54. The first-order valence-corrected chi connectivity index (χ1v) is 31.2. The molecule has 436 valence electrons. The van der Waals surface area contributed by atoms with Crippen LogP contribution in [0.5, 0.6) is 17.5 Å². The third-order valence-electron chi connectivity index (χ3n) is 18.4. The van der Waals surface area contributed by atoms with Crippen LogP contribution in [-0.2, 0) is 21.3 Å². The molecule has 4 aromatic heterocycles. The molecule has 8 heterocycles. The fourth-order valence-corrected chi connectivity index (χ4v) is 15.7. The number of hydrogen-bond acceptors (Lipinski definition) is 18. The highest BCUT2D eigenvalue weighted by molar-refractivity contribution is 7.90. The summed E-state index contributed by atoms with van der Waals surface area (Å²) in [5.74, 6) is 1.21. The number of piperazine rings is 1. The number of sulfonamides is 1. The van der Waals surface area contributed by atoms with Crippen molar-refractivity contribution in [1.29, 1.82) is 0 Å². The molecular formula is C60H74N10O10S2. The molecule has 4 aliphatic heterocycles. The normalized spacial score (nSPS) is 24.1. The molecule has 2 saturated carbocycles. The second kappa shape index (κ2) is 22.5. The zero-order chi connectivity index (χ0) is 57.1. The number of ether oxygens (including phenoxy) is 4. The van der Waals surface area contributed by atoms with Crippen LogP contribution in [0.3, 0.4) is 0 Å². The molecule has 0 radical (unpaired) electrons. The number of aromatic amines is 1. The Morgan fingerprint density at radius 2 is 1.79 bits per heavy atom. The lowest BCUT2D eigenvalue weighted by molar-refractivity contribution is -0.384. The zero-order valence-corrected chi connectivity index (χ0v) is 48.9. The SMILES string of the molecule is COc1cc(CN2CCN(C3CC4(CCN(c5ccc(C(=O)NS(=O)(=O)c6ccc(NCC7CCC(C)(O)CC7)c([N+](=O)[O-])c6)c(N6c7cc8cc[nH]c8nc7O[C@H]7COCC[C@@H]76)c5)CC4)C3)[C@@H](c3ccsc3C(C)C)C2)cnc1OC. The highest BCUT2D eigenvalue weighted by Gasteiger charge is 2.51. The molecule has 82 heavy (non-hydrogen) atoms. The number of aromatic nitrogens is 3. The summed E-state index contributed by atoms with van der Waals surface area (Å²) in [7, 11) is -1.39. The van der Waals surface area contributed by atoms with E-state index in [9.17, 15) is 28.4 Å². The smallest absolute Gasteiger partial charge is 0.293 e. The molecule has 5 fully saturated rings. The number of anilines is 4. The third-order valence-corrected chi connectivity index (χ3v) is 20.9. The standard InChI is InChI=1S/C60H74N10O10S2/c1-37(2)54-44(14-25-81-54)51-35-66(34-39-26-52(77-4)58(78-5)63-33-39)22-23-68(51)42-30-60(31-42)17-20-67(21-18-60)41-6-8-45(48(28-41)69-47-13-24-79-36-53(47)80-57-50(69)27-40-12-19-61-55(40)64-57)56(71)65-82(75,76)43-7-9-46(49(29-43)70(73)74)62-32-38-10-15-59(3,72)16-11-38/h6-9,12,14,19,25-29,33,37-38,42,47,51,53,62,72H,10-11,13,15-18,20-24,30-32,34-36H2,1-5H3,(H,61,64)(H,65,71)/t38?,47-,51+,53-,59?/m0/s1. The van der Waals surface area contributed by atoms with Crippen LogP contribution in [0.25, 0.3) is 11.0 Å². The van der Waals surface area contributed by atoms with E-state index in [2.05, 4.69) is 64.9 Å². The van der Waals surface area contributed by atoms with Gasteiger partial charge in [0.25, 0.3) is 27.5 Å². The van der Waals surface area contributed by atoms with Crippen LogP contribution in [0.1, 0.15) is 117 Å². The van der Waals surface area contributed by atoms with Crippen LogP contribution in [0, 0.1) is 21.4 Å². The number of rotatable bonds is 16. The molecule has 4 N–H and O–H groups in total. The maximum atomic E-state index is 14.8. The number of nitro groups is 1. The van der Waals surface area contributed by atoms with E-state index in [4.69, 9.17) is 23.9 Å². The van der Waals surface area contributed by atoms with Gasteiger partial charge in [0.1, 0.15) is 23.1 Å². The van der Waals surface area contributed by atoms with Gasteiger partial charge < -0.3 is 44.2 Å². The van der Waals surface area contributed by atoms with E-state index < -0.39 is 43.1 Å². The van der Waals surface area contributed by atoms with E-state index in [1.807, 2.05) is 61.0 Å². The van der Waals surface area contributed by atoms with Crippen molar-refractivity contribution in [3.63, 3.8) is 0 Å². The molecule has 0 bridgehead atoms. The van der Waals surface area contributed by atoms with Gasteiger partial charge in [-0.3, -0.25) is 24.7 Å². The van der Waals surface area contributed by atoms with E-state index in [0.29, 0.717) is 85.5 Å². The van der Waals surface area contributed by atoms with Crippen molar-refractivity contribution in [1.82, 2.24) is 29.5 Å². The first-order chi connectivity index (χ1) is 39.5. The Morgan fingerprint density at radius 1 is 0.988 bits per heavy atom. The molecule has 1 amide bonds. The number of carbonyl (C=O) groups is 1. The predicted octanol–water partition coefficient (Wildman–Crippen LogP) is 9.54. The summed E-state index contributed by atoms with van der Waals surface area (Å²) in [5, 5.41) is 29.1. The van der Waals surface area contributed by atoms with Gasteiger partial charge in [-0.25, -0.2) is 18.1 Å². The van der Waals surface area contributed by atoms with E-state index >= 15 is 0 Å². The van der Waals surface area contributed by atoms with Gasteiger partial charge in [-0.15, -0.1) is 11.3 Å². The van der Waals surface area contributed by atoms with Gasteiger partial charge in [0.15, 0.2) is 5.75 Å². The minimum Gasteiger partial charge on any atom is -0.491 e. The number of pyridine rings is 2. The Morgan fingerprint density at radius 3 is 2.55 bits per heavy atom. The summed E-state index contributed by atoms with van der Waals surface area (Å²) >= 11 is 1.86. The number of fused-ring (bicyclic) bond motifs is 3. The third kappa shape index (κ3) is 11.1. The first kappa shape index (κ1) is 55.9. The molecule has 3 atom stereocenters. The maximum Gasteiger partial charge on any atom is 0.293 e. The van der Waals surface area contributed by atoms with Crippen molar-refractivity contribution in [3.05, 3.63) is 110 Å². The summed E-state index contributed by atoms with van der Waals surface area (Å²) in [4.78, 5) is 50.1. The van der Waals surface area contributed by atoms with Gasteiger partial charge in [0.05, 0.1) is 53.5 Å². The monoisotopic (exact) mass is 1160 g/mol. The highest BCUT2D eigenvalue weighted by atomic mass is 32.2. The van der Waals surface area contributed by atoms with Crippen LogP contribution < -0.4 is 34.0 Å². The molecule has 3 saturated heterocycles. The molecule has 12 rings (SSSR count). The number of nitrogens with one attached hydrogen (secondary N) is 3. The van der Waals surface area contributed by atoms with E-state index in [0.717, 1.165) is 100 Å². The minimum absolute atomic E-state index is 0.107. The molecular weight excluding hydrogens is 1080 g/mol. The van der Waals surface area contributed by atoms with E-state index in [-0.39, 0.29) is 34.7 Å². The Bertz CT molecular complexity index is 3450. The molecule has 20 nitrogen and oxygen atoms in total. The summed E-state index contributed by atoms with van der Waals surface area (Å²) in [6, 6.07) is 18.0. The van der Waals surface area contributed by atoms with Crippen molar-refractivity contribution in [2.75, 3.05) is 81.8 Å². The number of aliphatic hydroxyl groups is 1. The van der Waals surface area contributed by atoms with Crippen molar-refractivity contribution in [3.8, 4) is 17.5 Å². The number of thiophene rings is 1. The van der Waals surface area contributed by atoms with Crippen molar-refractivity contribution >= 4 is 66.7 Å². The van der Waals surface area contributed by atoms with Crippen LogP contribution in [0.15, 0.2) is 83.3 Å². The van der Waals surface area contributed by atoms with Gasteiger partial charge in [-0.1, -0.05) is 13.8 Å². The van der Waals surface area contributed by atoms with Crippen LogP contribution in [0.2, 0.25) is 0 Å².